The first-order valence-corrected chi connectivity index (χ1v) is 5.35. The van der Waals surface area contributed by atoms with E-state index in [1.807, 2.05) is 24.5 Å². The first-order valence-electron chi connectivity index (χ1n) is 5.35. The largest absolute Gasteiger partial charge is 0.383 e. The Morgan fingerprint density at radius 3 is 2.36 bits per heavy atom. The Morgan fingerprint density at radius 1 is 1.14 bits per heavy atom. The topological polar surface area (TPSA) is 24.9 Å². The van der Waals surface area contributed by atoms with Crippen LogP contribution >= 0.6 is 0 Å². The smallest absolute Gasteiger partial charge is 0.0373 e. The lowest BCUT2D eigenvalue weighted by atomic mass is 10.0. The van der Waals surface area contributed by atoms with Crippen LogP contribution in [0.1, 0.15) is 33.6 Å². The SMILES string of the molecule is CC(C)CCC(C)Nc1ccncc1. The maximum atomic E-state index is 3.99. The average molecular weight is 192 g/mol. The molecule has 0 aliphatic rings. The number of hydrogen-bond donors (Lipinski definition) is 1. The third-order valence-electron chi connectivity index (χ3n) is 2.27. The standard InChI is InChI=1S/C12H20N2/c1-10(2)4-5-11(3)14-12-6-8-13-9-7-12/h6-11H,4-5H2,1-3H3,(H,13,14). The van der Waals surface area contributed by atoms with Crippen molar-refractivity contribution in [3.05, 3.63) is 24.5 Å². The quantitative estimate of drug-likeness (QED) is 0.774. The monoisotopic (exact) mass is 192 g/mol. The number of aromatic nitrogens is 1. The molecule has 1 aromatic heterocycles. The van der Waals surface area contributed by atoms with Crippen molar-refractivity contribution in [2.45, 2.75) is 39.7 Å². The number of anilines is 1. The molecule has 0 aliphatic heterocycles. The Labute approximate surface area is 86.8 Å². The van der Waals surface area contributed by atoms with Crippen molar-refractivity contribution < 1.29 is 0 Å². The molecule has 1 atom stereocenters. The minimum absolute atomic E-state index is 0.541. The molecule has 1 unspecified atom stereocenters. The number of nitrogens with zero attached hydrogens (tertiary/aromatic N) is 1. The van der Waals surface area contributed by atoms with E-state index in [4.69, 9.17) is 0 Å². The van der Waals surface area contributed by atoms with Gasteiger partial charge in [0.1, 0.15) is 0 Å². The van der Waals surface area contributed by atoms with E-state index in [9.17, 15) is 0 Å². The third kappa shape index (κ3) is 4.26. The summed E-state index contributed by atoms with van der Waals surface area (Å²) in [5.74, 6) is 0.789. The lowest BCUT2D eigenvalue weighted by Gasteiger charge is -2.15. The Balaban J connectivity index is 2.30. The van der Waals surface area contributed by atoms with Gasteiger partial charge < -0.3 is 5.32 Å². The molecular formula is C12H20N2. The van der Waals surface area contributed by atoms with Crippen molar-refractivity contribution in [2.75, 3.05) is 5.32 Å². The van der Waals surface area contributed by atoms with Gasteiger partial charge in [0.15, 0.2) is 0 Å². The van der Waals surface area contributed by atoms with Gasteiger partial charge in [0.2, 0.25) is 0 Å². The molecule has 1 N–H and O–H groups in total. The Bertz CT molecular complexity index is 244. The van der Waals surface area contributed by atoms with Gasteiger partial charge in [-0.3, -0.25) is 4.98 Å². The second-order valence-corrected chi connectivity index (χ2v) is 4.25. The van der Waals surface area contributed by atoms with Gasteiger partial charge in [0.25, 0.3) is 0 Å². The predicted molar refractivity (Wildman–Crippen MR) is 61.4 cm³/mol. The minimum atomic E-state index is 0.541. The molecular weight excluding hydrogens is 172 g/mol. The molecule has 2 nitrogen and oxygen atoms in total. The summed E-state index contributed by atoms with van der Waals surface area (Å²) in [6, 6.07) is 4.55. The molecule has 1 aromatic rings. The van der Waals surface area contributed by atoms with Crippen molar-refractivity contribution >= 4 is 5.69 Å². The highest BCUT2D eigenvalue weighted by atomic mass is 14.9. The summed E-state index contributed by atoms with van der Waals surface area (Å²) >= 11 is 0. The highest BCUT2D eigenvalue weighted by Crippen LogP contribution is 2.11. The summed E-state index contributed by atoms with van der Waals surface area (Å²) in [4.78, 5) is 3.99. The summed E-state index contributed by atoms with van der Waals surface area (Å²) < 4.78 is 0. The Kier molecular flexibility index (Phi) is 4.44. The van der Waals surface area contributed by atoms with E-state index in [0.29, 0.717) is 6.04 Å². The predicted octanol–water partition coefficient (Wildman–Crippen LogP) is 3.32. The molecule has 0 radical (unpaired) electrons. The normalized spacial score (nSPS) is 12.9. The van der Waals surface area contributed by atoms with E-state index in [0.717, 1.165) is 11.6 Å². The molecule has 0 aromatic carbocycles. The molecule has 0 aliphatic carbocycles. The van der Waals surface area contributed by atoms with Crippen LogP contribution in [0.4, 0.5) is 5.69 Å². The maximum Gasteiger partial charge on any atom is 0.0373 e. The fraction of sp³-hybridized carbons (Fsp3) is 0.583. The van der Waals surface area contributed by atoms with E-state index in [-0.39, 0.29) is 0 Å². The fourth-order valence-electron chi connectivity index (χ4n) is 1.39. The zero-order valence-corrected chi connectivity index (χ0v) is 9.33. The highest BCUT2D eigenvalue weighted by Gasteiger charge is 2.02. The summed E-state index contributed by atoms with van der Waals surface area (Å²) in [7, 11) is 0. The number of nitrogens with one attached hydrogen (secondary N) is 1. The van der Waals surface area contributed by atoms with Crippen LogP contribution in [-0.2, 0) is 0 Å². The number of pyridine rings is 1. The van der Waals surface area contributed by atoms with Gasteiger partial charge in [0, 0.05) is 24.1 Å². The minimum Gasteiger partial charge on any atom is -0.383 e. The van der Waals surface area contributed by atoms with Crippen molar-refractivity contribution in [2.24, 2.45) is 5.92 Å². The van der Waals surface area contributed by atoms with Gasteiger partial charge in [-0.1, -0.05) is 13.8 Å². The van der Waals surface area contributed by atoms with Crippen LogP contribution < -0.4 is 5.32 Å². The maximum absolute atomic E-state index is 3.99. The molecule has 0 spiro atoms. The summed E-state index contributed by atoms with van der Waals surface area (Å²) in [6.45, 7) is 6.75. The molecule has 1 heterocycles. The molecule has 1 rings (SSSR count). The molecule has 0 saturated heterocycles. The van der Waals surface area contributed by atoms with Gasteiger partial charge in [-0.25, -0.2) is 0 Å². The van der Waals surface area contributed by atoms with Crippen LogP contribution in [0, 0.1) is 5.92 Å². The van der Waals surface area contributed by atoms with Crippen LogP contribution in [0.25, 0.3) is 0 Å². The third-order valence-corrected chi connectivity index (χ3v) is 2.27. The lowest BCUT2D eigenvalue weighted by Crippen LogP contribution is -2.15. The van der Waals surface area contributed by atoms with Crippen molar-refractivity contribution in [1.82, 2.24) is 4.98 Å². The molecule has 0 bridgehead atoms. The second-order valence-electron chi connectivity index (χ2n) is 4.25. The fourth-order valence-corrected chi connectivity index (χ4v) is 1.39. The van der Waals surface area contributed by atoms with E-state index < -0.39 is 0 Å². The Morgan fingerprint density at radius 2 is 1.79 bits per heavy atom. The average Bonchev–Trinajstić information content (AvgIpc) is 2.16. The lowest BCUT2D eigenvalue weighted by molar-refractivity contribution is 0.527. The van der Waals surface area contributed by atoms with Gasteiger partial charge in [-0.2, -0.15) is 0 Å². The number of rotatable bonds is 5. The van der Waals surface area contributed by atoms with Gasteiger partial charge in [-0.15, -0.1) is 0 Å². The molecule has 2 heteroatoms. The zero-order valence-electron chi connectivity index (χ0n) is 9.33. The van der Waals surface area contributed by atoms with Crippen LogP contribution in [0.3, 0.4) is 0 Å². The number of hydrogen-bond acceptors (Lipinski definition) is 2. The molecule has 0 saturated carbocycles. The summed E-state index contributed by atoms with van der Waals surface area (Å²) in [6.07, 6.45) is 6.13. The van der Waals surface area contributed by atoms with Gasteiger partial charge >= 0.3 is 0 Å². The Hall–Kier alpha value is -1.05. The van der Waals surface area contributed by atoms with Crippen LogP contribution in [0.15, 0.2) is 24.5 Å². The van der Waals surface area contributed by atoms with E-state index in [1.165, 1.54) is 12.8 Å². The molecule has 14 heavy (non-hydrogen) atoms. The molecule has 0 amide bonds. The van der Waals surface area contributed by atoms with E-state index in [2.05, 4.69) is 31.1 Å². The van der Waals surface area contributed by atoms with E-state index >= 15 is 0 Å². The first-order chi connectivity index (χ1) is 6.68. The molecule has 0 fully saturated rings. The van der Waals surface area contributed by atoms with E-state index in [1.54, 1.807) is 0 Å². The molecule has 78 valence electrons. The van der Waals surface area contributed by atoms with Gasteiger partial charge in [-0.05, 0) is 37.8 Å². The highest BCUT2D eigenvalue weighted by molar-refractivity contribution is 5.41. The summed E-state index contributed by atoms with van der Waals surface area (Å²) in [5, 5.41) is 3.46. The van der Waals surface area contributed by atoms with Gasteiger partial charge in [0.05, 0.1) is 0 Å². The van der Waals surface area contributed by atoms with Crippen LogP contribution in [-0.4, -0.2) is 11.0 Å². The summed E-state index contributed by atoms with van der Waals surface area (Å²) in [5.41, 5.74) is 1.16. The van der Waals surface area contributed by atoms with Crippen LogP contribution in [0.2, 0.25) is 0 Å². The van der Waals surface area contributed by atoms with Crippen molar-refractivity contribution in [3.8, 4) is 0 Å². The van der Waals surface area contributed by atoms with Crippen molar-refractivity contribution in [1.29, 1.82) is 0 Å². The van der Waals surface area contributed by atoms with Crippen LogP contribution in [0.5, 0.6) is 0 Å². The zero-order chi connectivity index (χ0) is 10.4. The van der Waals surface area contributed by atoms with Crippen molar-refractivity contribution in [3.63, 3.8) is 0 Å². The first kappa shape index (κ1) is 11.0. The second kappa shape index (κ2) is 5.63.